The Hall–Kier alpha value is -1.02. The fourth-order valence-electron chi connectivity index (χ4n) is 1.78. The summed E-state index contributed by atoms with van der Waals surface area (Å²) in [6, 6.07) is 0. The predicted octanol–water partition coefficient (Wildman–Crippen LogP) is 1.62. The molecule has 0 radical (unpaired) electrons. The van der Waals surface area contributed by atoms with E-state index in [1.54, 1.807) is 6.20 Å². The normalized spacial score (nSPS) is 12.0. The van der Waals surface area contributed by atoms with Crippen LogP contribution in [0.5, 0.6) is 0 Å². The third-order valence-corrected chi connectivity index (χ3v) is 4.67. The number of carbonyl (C=O) groups is 1. The van der Waals surface area contributed by atoms with Crippen molar-refractivity contribution in [3.63, 3.8) is 0 Å². The molecule has 0 fully saturated rings. The molecule has 8 heteroatoms. The number of aliphatic carboxylic acids is 1. The minimum atomic E-state index is -2.98. The summed E-state index contributed by atoms with van der Waals surface area (Å²) >= 11 is 1.15. The SMILES string of the molecule is CC(C)c1cnc(SCC(=O)O)n1CCCS(C)(=O)=O. The minimum Gasteiger partial charge on any atom is -0.481 e. The molecule has 0 aliphatic rings. The lowest BCUT2D eigenvalue weighted by Gasteiger charge is -2.13. The zero-order valence-electron chi connectivity index (χ0n) is 11.9. The van der Waals surface area contributed by atoms with Crippen molar-refractivity contribution in [3.8, 4) is 0 Å². The molecule has 1 N–H and O–H groups in total. The summed E-state index contributed by atoms with van der Waals surface area (Å²) in [6.45, 7) is 4.58. The van der Waals surface area contributed by atoms with Crippen LogP contribution >= 0.6 is 11.8 Å². The number of hydrogen-bond acceptors (Lipinski definition) is 5. The van der Waals surface area contributed by atoms with E-state index in [1.165, 1.54) is 6.26 Å². The molecule has 1 heterocycles. The maximum absolute atomic E-state index is 11.2. The van der Waals surface area contributed by atoms with Crippen molar-refractivity contribution in [2.75, 3.05) is 17.8 Å². The van der Waals surface area contributed by atoms with E-state index in [0.717, 1.165) is 17.5 Å². The fraction of sp³-hybridized carbons (Fsp3) is 0.667. The minimum absolute atomic E-state index is 0.0549. The Bertz CT molecular complexity index is 564. The molecule has 1 aromatic rings. The van der Waals surface area contributed by atoms with Crippen LogP contribution in [0.25, 0.3) is 0 Å². The topological polar surface area (TPSA) is 89.3 Å². The van der Waals surface area contributed by atoms with E-state index in [-0.39, 0.29) is 17.4 Å². The lowest BCUT2D eigenvalue weighted by molar-refractivity contribution is -0.133. The largest absolute Gasteiger partial charge is 0.481 e. The van der Waals surface area contributed by atoms with Gasteiger partial charge in [-0.2, -0.15) is 0 Å². The second-order valence-electron chi connectivity index (χ2n) is 4.94. The molecule has 20 heavy (non-hydrogen) atoms. The Kier molecular flexibility index (Phi) is 6.07. The highest BCUT2D eigenvalue weighted by Gasteiger charge is 2.14. The average Bonchev–Trinajstić information content (AvgIpc) is 2.68. The van der Waals surface area contributed by atoms with Crippen LogP contribution < -0.4 is 0 Å². The molecule has 0 amide bonds. The Labute approximate surface area is 123 Å². The number of imidazole rings is 1. The molecule has 0 bridgehead atoms. The molecule has 0 saturated heterocycles. The van der Waals surface area contributed by atoms with Crippen molar-refractivity contribution >= 4 is 27.6 Å². The molecule has 1 rings (SSSR count). The van der Waals surface area contributed by atoms with E-state index in [1.807, 2.05) is 18.4 Å². The summed E-state index contributed by atoms with van der Waals surface area (Å²) in [4.78, 5) is 14.9. The summed E-state index contributed by atoms with van der Waals surface area (Å²) in [6.07, 6.45) is 3.44. The summed E-state index contributed by atoms with van der Waals surface area (Å²) < 4.78 is 24.3. The molecule has 0 atom stereocenters. The van der Waals surface area contributed by atoms with Gasteiger partial charge in [0, 0.05) is 24.7 Å². The van der Waals surface area contributed by atoms with Crippen molar-refractivity contribution in [2.45, 2.75) is 37.9 Å². The quantitative estimate of drug-likeness (QED) is 0.732. The second-order valence-corrected chi connectivity index (χ2v) is 8.14. The van der Waals surface area contributed by atoms with Gasteiger partial charge in [0.2, 0.25) is 0 Å². The molecule has 114 valence electrons. The Balaban J connectivity index is 2.82. The maximum atomic E-state index is 11.2. The summed E-state index contributed by atoms with van der Waals surface area (Å²) in [5.74, 6) is -0.585. The van der Waals surface area contributed by atoms with Crippen molar-refractivity contribution < 1.29 is 18.3 Å². The number of carboxylic acid groups (broad SMARTS) is 1. The highest BCUT2D eigenvalue weighted by molar-refractivity contribution is 7.99. The van der Waals surface area contributed by atoms with Crippen molar-refractivity contribution in [1.29, 1.82) is 0 Å². The first kappa shape index (κ1) is 17.0. The van der Waals surface area contributed by atoms with Crippen molar-refractivity contribution in [3.05, 3.63) is 11.9 Å². The molecule has 1 aromatic heterocycles. The first-order valence-corrected chi connectivity index (χ1v) is 9.33. The van der Waals surface area contributed by atoms with Gasteiger partial charge in [0.15, 0.2) is 5.16 Å². The molecule has 0 aliphatic carbocycles. The monoisotopic (exact) mass is 320 g/mol. The standard InChI is InChI=1S/C12H20N2O4S2/c1-9(2)10-7-13-12(19-8-11(15)16)14(10)5-4-6-20(3,17)18/h7,9H,4-6,8H2,1-3H3,(H,15,16). The first-order valence-electron chi connectivity index (χ1n) is 6.28. The third kappa shape index (κ3) is 5.54. The van der Waals surface area contributed by atoms with Gasteiger partial charge in [0.25, 0.3) is 0 Å². The van der Waals surface area contributed by atoms with Gasteiger partial charge < -0.3 is 9.67 Å². The number of nitrogens with zero attached hydrogens (tertiary/aromatic N) is 2. The molecular weight excluding hydrogens is 300 g/mol. The zero-order chi connectivity index (χ0) is 15.3. The molecule has 0 aromatic carbocycles. The Morgan fingerprint density at radius 3 is 2.65 bits per heavy atom. The Morgan fingerprint density at radius 1 is 1.50 bits per heavy atom. The Morgan fingerprint density at radius 2 is 2.15 bits per heavy atom. The fourth-order valence-corrected chi connectivity index (χ4v) is 3.17. The molecule has 0 saturated carbocycles. The van der Waals surface area contributed by atoms with Gasteiger partial charge in [-0.3, -0.25) is 4.79 Å². The van der Waals surface area contributed by atoms with Gasteiger partial charge in [0.05, 0.1) is 11.5 Å². The van der Waals surface area contributed by atoms with Gasteiger partial charge in [-0.15, -0.1) is 0 Å². The van der Waals surface area contributed by atoms with Crippen LogP contribution in [0.15, 0.2) is 11.4 Å². The van der Waals surface area contributed by atoms with Crippen LogP contribution in [0.2, 0.25) is 0 Å². The molecular formula is C12H20N2O4S2. The van der Waals surface area contributed by atoms with Crippen LogP contribution in [0.3, 0.4) is 0 Å². The van der Waals surface area contributed by atoms with Gasteiger partial charge in [-0.1, -0.05) is 25.6 Å². The van der Waals surface area contributed by atoms with E-state index >= 15 is 0 Å². The van der Waals surface area contributed by atoms with E-state index in [4.69, 9.17) is 5.11 Å². The lowest BCUT2D eigenvalue weighted by Crippen LogP contribution is -2.11. The predicted molar refractivity (Wildman–Crippen MR) is 79.0 cm³/mol. The van der Waals surface area contributed by atoms with Crippen molar-refractivity contribution in [1.82, 2.24) is 9.55 Å². The number of carboxylic acids is 1. The summed E-state index contributed by atoms with van der Waals surface area (Å²) in [7, 11) is -2.98. The van der Waals surface area contributed by atoms with Gasteiger partial charge in [-0.05, 0) is 12.3 Å². The molecule has 0 aliphatic heterocycles. The average molecular weight is 320 g/mol. The third-order valence-electron chi connectivity index (χ3n) is 2.66. The van der Waals surface area contributed by atoms with Crippen LogP contribution in [-0.4, -0.2) is 46.8 Å². The van der Waals surface area contributed by atoms with E-state index in [0.29, 0.717) is 18.1 Å². The van der Waals surface area contributed by atoms with Crippen LogP contribution in [0.4, 0.5) is 0 Å². The van der Waals surface area contributed by atoms with E-state index < -0.39 is 15.8 Å². The van der Waals surface area contributed by atoms with Crippen LogP contribution in [0, 0.1) is 0 Å². The molecule has 0 spiro atoms. The van der Waals surface area contributed by atoms with Gasteiger partial charge in [-0.25, -0.2) is 13.4 Å². The smallest absolute Gasteiger partial charge is 0.313 e. The summed E-state index contributed by atoms with van der Waals surface area (Å²) in [5, 5.41) is 9.36. The second kappa shape index (κ2) is 7.12. The summed E-state index contributed by atoms with van der Waals surface area (Å²) in [5.41, 5.74) is 0.992. The van der Waals surface area contributed by atoms with Gasteiger partial charge >= 0.3 is 5.97 Å². The number of rotatable bonds is 8. The van der Waals surface area contributed by atoms with Crippen LogP contribution in [0.1, 0.15) is 31.9 Å². The number of aromatic nitrogens is 2. The van der Waals surface area contributed by atoms with Crippen molar-refractivity contribution in [2.24, 2.45) is 0 Å². The number of thioether (sulfide) groups is 1. The van der Waals surface area contributed by atoms with E-state index in [2.05, 4.69) is 4.98 Å². The van der Waals surface area contributed by atoms with Gasteiger partial charge in [0.1, 0.15) is 9.84 Å². The highest BCUT2D eigenvalue weighted by atomic mass is 32.2. The number of hydrogen-bond donors (Lipinski definition) is 1. The zero-order valence-corrected chi connectivity index (χ0v) is 13.5. The first-order chi connectivity index (χ1) is 9.20. The lowest BCUT2D eigenvalue weighted by atomic mass is 10.1. The molecule has 6 nitrogen and oxygen atoms in total. The van der Waals surface area contributed by atoms with E-state index in [9.17, 15) is 13.2 Å². The van der Waals surface area contributed by atoms with Crippen LogP contribution in [-0.2, 0) is 21.2 Å². The maximum Gasteiger partial charge on any atom is 0.313 e. The molecule has 0 unspecified atom stereocenters. The number of sulfone groups is 1. The highest BCUT2D eigenvalue weighted by Crippen LogP contribution is 2.23.